The van der Waals surface area contributed by atoms with E-state index in [1.807, 2.05) is 31.2 Å². The molecule has 2 aliphatic carbocycles. The van der Waals surface area contributed by atoms with Crippen LogP contribution in [0.1, 0.15) is 80.1 Å². The predicted molar refractivity (Wildman–Crippen MR) is 104 cm³/mol. The second kappa shape index (κ2) is 9.07. The second-order valence-electron chi connectivity index (χ2n) is 7.75. The van der Waals surface area contributed by atoms with Crippen LogP contribution in [0.25, 0.3) is 0 Å². The van der Waals surface area contributed by atoms with Crippen molar-refractivity contribution in [3.8, 4) is 0 Å². The number of hydrogen-bond donors (Lipinski definition) is 2. The van der Waals surface area contributed by atoms with Crippen molar-refractivity contribution in [2.75, 3.05) is 0 Å². The molecule has 3 nitrogen and oxygen atoms in total. The Morgan fingerprint density at radius 1 is 0.840 bits per heavy atom. The molecule has 0 saturated heterocycles. The van der Waals surface area contributed by atoms with Crippen molar-refractivity contribution >= 4 is 5.78 Å². The van der Waals surface area contributed by atoms with Crippen LogP contribution in [-0.4, -0.2) is 17.9 Å². The highest BCUT2D eigenvalue weighted by atomic mass is 16.1. The second-order valence-corrected chi connectivity index (χ2v) is 7.75. The molecule has 0 radical (unpaired) electrons. The van der Waals surface area contributed by atoms with Gasteiger partial charge in [0.25, 0.3) is 0 Å². The molecule has 0 unspecified atom stereocenters. The maximum Gasteiger partial charge on any atom is 0.189 e. The van der Waals surface area contributed by atoms with Crippen molar-refractivity contribution in [2.24, 2.45) is 0 Å². The van der Waals surface area contributed by atoms with E-state index in [-0.39, 0.29) is 5.78 Å². The average Bonchev–Trinajstić information content (AvgIpc) is 2.64. The van der Waals surface area contributed by atoms with Crippen molar-refractivity contribution in [1.29, 1.82) is 0 Å². The quantitative estimate of drug-likeness (QED) is 0.574. The van der Waals surface area contributed by atoms with E-state index < -0.39 is 0 Å². The summed E-state index contributed by atoms with van der Waals surface area (Å²) < 4.78 is 0. The van der Waals surface area contributed by atoms with Crippen LogP contribution in [0, 0.1) is 6.92 Å². The number of hydrogen-bond acceptors (Lipinski definition) is 3. The van der Waals surface area contributed by atoms with Crippen LogP contribution in [0.5, 0.6) is 0 Å². The third-order valence-electron chi connectivity index (χ3n) is 5.54. The standard InChI is InChI=1S/C22H32N2O/c1-17-12-14-18(15-13-17)21(25)16-22(23-19-8-4-2-5-9-19)24-20-10-6-3-7-11-20/h12-16,19-20,23-24H,2-11H2,1H3. The molecule has 2 saturated carbocycles. The Morgan fingerprint density at radius 3 is 1.80 bits per heavy atom. The summed E-state index contributed by atoms with van der Waals surface area (Å²) in [5, 5.41) is 7.29. The number of benzene rings is 1. The zero-order chi connectivity index (χ0) is 17.5. The minimum Gasteiger partial charge on any atom is -0.369 e. The summed E-state index contributed by atoms with van der Waals surface area (Å²) >= 11 is 0. The summed E-state index contributed by atoms with van der Waals surface area (Å²) in [6.45, 7) is 2.05. The van der Waals surface area contributed by atoms with Gasteiger partial charge < -0.3 is 10.6 Å². The summed E-state index contributed by atoms with van der Waals surface area (Å²) in [6, 6.07) is 8.86. The largest absolute Gasteiger partial charge is 0.369 e. The van der Waals surface area contributed by atoms with Gasteiger partial charge in [0.15, 0.2) is 5.78 Å². The lowest BCUT2D eigenvalue weighted by molar-refractivity contribution is 0.104. The molecule has 0 atom stereocenters. The van der Waals surface area contributed by atoms with Gasteiger partial charge in [0, 0.05) is 23.7 Å². The number of carbonyl (C=O) groups is 1. The molecule has 1 aromatic rings. The minimum atomic E-state index is 0.0848. The molecule has 2 N–H and O–H groups in total. The van der Waals surface area contributed by atoms with Crippen molar-refractivity contribution < 1.29 is 4.79 Å². The van der Waals surface area contributed by atoms with Crippen LogP contribution < -0.4 is 10.6 Å². The first-order valence-electron chi connectivity index (χ1n) is 10.1. The van der Waals surface area contributed by atoms with Crippen LogP contribution in [0.2, 0.25) is 0 Å². The Labute approximate surface area is 152 Å². The molecule has 0 amide bonds. The minimum absolute atomic E-state index is 0.0848. The van der Waals surface area contributed by atoms with Gasteiger partial charge in [-0.3, -0.25) is 4.79 Å². The molecule has 0 aromatic heterocycles. The number of aryl methyl sites for hydroxylation is 1. The van der Waals surface area contributed by atoms with Gasteiger partial charge in [-0.1, -0.05) is 68.4 Å². The first-order chi connectivity index (χ1) is 12.2. The lowest BCUT2D eigenvalue weighted by Gasteiger charge is -2.30. The third-order valence-corrected chi connectivity index (χ3v) is 5.54. The van der Waals surface area contributed by atoms with Crippen LogP contribution in [0.15, 0.2) is 36.2 Å². The molecule has 3 rings (SSSR count). The molecule has 136 valence electrons. The number of carbonyl (C=O) groups excluding carboxylic acids is 1. The van der Waals surface area contributed by atoms with E-state index >= 15 is 0 Å². The lowest BCUT2D eigenvalue weighted by atomic mass is 9.94. The summed E-state index contributed by atoms with van der Waals surface area (Å²) in [5.74, 6) is 1.02. The summed E-state index contributed by atoms with van der Waals surface area (Å²) in [7, 11) is 0. The molecule has 25 heavy (non-hydrogen) atoms. The van der Waals surface area contributed by atoms with Gasteiger partial charge in [-0.05, 0) is 32.6 Å². The van der Waals surface area contributed by atoms with Crippen molar-refractivity contribution in [2.45, 2.75) is 83.2 Å². The van der Waals surface area contributed by atoms with E-state index in [1.54, 1.807) is 6.08 Å². The highest BCUT2D eigenvalue weighted by molar-refractivity contribution is 6.04. The molecular weight excluding hydrogens is 308 g/mol. The highest BCUT2D eigenvalue weighted by Gasteiger charge is 2.18. The molecule has 0 bridgehead atoms. The molecule has 2 fully saturated rings. The fourth-order valence-corrected chi connectivity index (χ4v) is 3.99. The Hall–Kier alpha value is -1.77. The van der Waals surface area contributed by atoms with Gasteiger partial charge >= 0.3 is 0 Å². The monoisotopic (exact) mass is 340 g/mol. The number of ketones is 1. The fraction of sp³-hybridized carbons (Fsp3) is 0.591. The van der Waals surface area contributed by atoms with Crippen molar-refractivity contribution in [3.05, 3.63) is 47.3 Å². The highest BCUT2D eigenvalue weighted by Crippen LogP contribution is 2.21. The Kier molecular flexibility index (Phi) is 6.55. The van der Waals surface area contributed by atoms with E-state index in [9.17, 15) is 4.79 Å². The van der Waals surface area contributed by atoms with Crippen LogP contribution in [0.4, 0.5) is 0 Å². The zero-order valence-corrected chi connectivity index (χ0v) is 15.5. The zero-order valence-electron chi connectivity index (χ0n) is 15.5. The van der Waals surface area contributed by atoms with E-state index in [2.05, 4.69) is 10.6 Å². The normalized spacial score (nSPS) is 19.2. The van der Waals surface area contributed by atoms with E-state index in [4.69, 9.17) is 0 Å². The molecule has 3 heteroatoms. The summed E-state index contributed by atoms with van der Waals surface area (Å²) in [5.41, 5.74) is 1.94. The number of rotatable bonds is 6. The predicted octanol–water partition coefficient (Wildman–Crippen LogP) is 4.86. The maximum atomic E-state index is 12.7. The van der Waals surface area contributed by atoms with Crippen LogP contribution in [0.3, 0.4) is 0 Å². The molecular formula is C22H32N2O. The van der Waals surface area contributed by atoms with Crippen molar-refractivity contribution in [3.63, 3.8) is 0 Å². The van der Waals surface area contributed by atoms with E-state index in [0.29, 0.717) is 12.1 Å². The lowest BCUT2D eigenvalue weighted by Crippen LogP contribution is -2.41. The topological polar surface area (TPSA) is 41.1 Å². The smallest absolute Gasteiger partial charge is 0.189 e. The SMILES string of the molecule is Cc1ccc(C(=O)C=C(NC2CCCCC2)NC2CCCCC2)cc1. The average molecular weight is 341 g/mol. The Bertz CT molecular complexity index is 557. The molecule has 0 spiro atoms. The summed E-state index contributed by atoms with van der Waals surface area (Å²) in [6.07, 6.45) is 14.5. The van der Waals surface area contributed by atoms with Crippen LogP contribution >= 0.6 is 0 Å². The Morgan fingerprint density at radius 2 is 1.32 bits per heavy atom. The first-order valence-corrected chi connectivity index (χ1v) is 10.1. The van der Waals surface area contributed by atoms with Crippen molar-refractivity contribution in [1.82, 2.24) is 10.6 Å². The Balaban J connectivity index is 1.70. The third kappa shape index (κ3) is 5.62. The van der Waals surface area contributed by atoms with Crippen LogP contribution in [-0.2, 0) is 0 Å². The van der Waals surface area contributed by atoms with E-state index in [0.717, 1.165) is 11.4 Å². The van der Waals surface area contributed by atoms with E-state index in [1.165, 1.54) is 69.8 Å². The van der Waals surface area contributed by atoms with Gasteiger partial charge in [0.2, 0.25) is 0 Å². The van der Waals surface area contributed by atoms with Gasteiger partial charge in [-0.15, -0.1) is 0 Å². The summed E-state index contributed by atoms with van der Waals surface area (Å²) in [4.78, 5) is 12.7. The number of nitrogens with one attached hydrogen (secondary N) is 2. The first kappa shape index (κ1) is 18.0. The van der Waals surface area contributed by atoms with Gasteiger partial charge in [-0.25, -0.2) is 0 Å². The van der Waals surface area contributed by atoms with Gasteiger partial charge in [0.05, 0.1) is 0 Å². The van der Waals surface area contributed by atoms with Gasteiger partial charge in [-0.2, -0.15) is 0 Å². The van der Waals surface area contributed by atoms with Gasteiger partial charge in [0.1, 0.15) is 5.82 Å². The molecule has 2 aliphatic rings. The fourth-order valence-electron chi connectivity index (χ4n) is 3.99. The number of allylic oxidation sites excluding steroid dienone is 1. The molecule has 1 aromatic carbocycles. The maximum absolute atomic E-state index is 12.7. The molecule has 0 heterocycles. The molecule has 0 aliphatic heterocycles.